The lowest BCUT2D eigenvalue weighted by Crippen LogP contribution is -2.54. The van der Waals surface area contributed by atoms with Crippen LogP contribution in [-0.4, -0.2) is 45.7 Å². The van der Waals surface area contributed by atoms with Crippen molar-refractivity contribution < 1.29 is 15.3 Å². The molecule has 80 valence electrons. The van der Waals surface area contributed by atoms with Crippen LogP contribution in [0.2, 0.25) is 0 Å². The summed E-state index contributed by atoms with van der Waals surface area (Å²) in [6.07, 6.45) is 0. The second-order valence-corrected chi connectivity index (χ2v) is 3.81. The number of rotatable bonds is 6. The van der Waals surface area contributed by atoms with E-state index in [2.05, 4.69) is 10.3 Å². The van der Waals surface area contributed by atoms with Gasteiger partial charge in [-0.1, -0.05) is 0 Å². The van der Waals surface area contributed by atoms with E-state index in [1.807, 2.05) is 5.38 Å². The van der Waals surface area contributed by atoms with Crippen molar-refractivity contribution >= 4 is 11.3 Å². The van der Waals surface area contributed by atoms with Gasteiger partial charge in [-0.25, -0.2) is 4.98 Å². The van der Waals surface area contributed by atoms with Gasteiger partial charge in [0.1, 0.15) is 0 Å². The Morgan fingerprint density at radius 1 is 1.29 bits per heavy atom. The molecule has 0 saturated heterocycles. The molecule has 0 aliphatic carbocycles. The smallest absolute Gasteiger partial charge is 0.0884 e. The fourth-order valence-corrected chi connectivity index (χ4v) is 1.48. The fourth-order valence-electron chi connectivity index (χ4n) is 0.921. The van der Waals surface area contributed by atoms with E-state index in [1.165, 1.54) is 11.3 Å². The van der Waals surface area contributed by atoms with Gasteiger partial charge in [-0.3, -0.25) is 5.32 Å². The summed E-state index contributed by atoms with van der Waals surface area (Å²) in [4.78, 5) is 4.03. The van der Waals surface area contributed by atoms with Gasteiger partial charge in [0.15, 0.2) is 0 Å². The summed E-state index contributed by atoms with van der Waals surface area (Å²) in [5.74, 6) is 0. The SMILES string of the molecule is OCC(CO)(CO)NCc1cscn1. The van der Waals surface area contributed by atoms with Crippen molar-refractivity contribution in [2.24, 2.45) is 0 Å². The Bertz CT molecular complexity index is 241. The maximum Gasteiger partial charge on any atom is 0.0884 e. The summed E-state index contributed by atoms with van der Waals surface area (Å²) in [6, 6.07) is 0. The molecule has 0 saturated carbocycles. The molecular formula is C8H14N2O3S. The highest BCUT2D eigenvalue weighted by molar-refractivity contribution is 7.07. The molecule has 0 bridgehead atoms. The number of hydrogen-bond donors (Lipinski definition) is 4. The predicted molar refractivity (Wildman–Crippen MR) is 52.9 cm³/mol. The van der Waals surface area contributed by atoms with Gasteiger partial charge >= 0.3 is 0 Å². The van der Waals surface area contributed by atoms with Crippen LogP contribution in [0.1, 0.15) is 5.69 Å². The van der Waals surface area contributed by atoms with Crippen molar-refractivity contribution in [3.8, 4) is 0 Å². The molecule has 5 nitrogen and oxygen atoms in total. The zero-order valence-electron chi connectivity index (χ0n) is 7.68. The number of nitrogens with zero attached hydrogens (tertiary/aromatic N) is 1. The molecule has 0 radical (unpaired) electrons. The van der Waals surface area contributed by atoms with Crippen LogP contribution in [0.25, 0.3) is 0 Å². The lowest BCUT2D eigenvalue weighted by molar-refractivity contribution is 0.0412. The first-order valence-corrected chi connectivity index (χ1v) is 5.15. The number of nitrogens with one attached hydrogen (secondary N) is 1. The van der Waals surface area contributed by atoms with E-state index in [0.717, 1.165) is 5.69 Å². The summed E-state index contributed by atoms with van der Waals surface area (Å²) in [6.45, 7) is -0.524. The summed E-state index contributed by atoms with van der Waals surface area (Å²) in [5, 5.41) is 31.8. The predicted octanol–water partition coefficient (Wildman–Crippen LogP) is -1.05. The molecule has 6 heteroatoms. The number of hydrogen-bond acceptors (Lipinski definition) is 6. The van der Waals surface area contributed by atoms with E-state index in [1.54, 1.807) is 5.51 Å². The molecular weight excluding hydrogens is 204 g/mol. The first-order chi connectivity index (χ1) is 6.76. The Balaban J connectivity index is 2.48. The van der Waals surface area contributed by atoms with Crippen LogP contribution in [0, 0.1) is 0 Å². The van der Waals surface area contributed by atoms with Crippen LogP contribution in [-0.2, 0) is 6.54 Å². The quantitative estimate of drug-likeness (QED) is 0.489. The molecule has 0 atom stereocenters. The third-order valence-electron chi connectivity index (χ3n) is 2.04. The van der Waals surface area contributed by atoms with Gasteiger partial charge in [-0.2, -0.15) is 0 Å². The molecule has 1 aromatic heterocycles. The molecule has 1 rings (SSSR count). The van der Waals surface area contributed by atoms with Crippen molar-refractivity contribution in [1.82, 2.24) is 10.3 Å². The molecule has 0 aliphatic rings. The van der Waals surface area contributed by atoms with Crippen molar-refractivity contribution in [1.29, 1.82) is 0 Å². The molecule has 14 heavy (non-hydrogen) atoms. The zero-order chi connectivity index (χ0) is 10.4. The molecule has 0 aliphatic heterocycles. The molecule has 1 heterocycles. The maximum atomic E-state index is 9.00. The minimum Gasteiger partial charge on any atom is -0.394 e. The van der Waals surface area contributed by atoms with Crippen molar-refractivity contribution in [2.45, 2.75) is 12.1 Å². The first kappa shape index (κ1) is 11.5. The monoisotopic (exact) mass is 218 g/mol. The normalized spacial score (nSPS) is 11.9. The maximum absolute atomic E-state index is 9.00. The number of aliphatic hydroxyl groups excluding tert-OH is 3. The average Bonchev–Trinajstić information content (AvgIpc) is 2.74. The average molecular weight is 218 g/mol. The van der Waals surface area contributed by atoms with E-state index < -0.39 is 5.54 Å². The fraction of sp³-hybridized carbons (Fsp3) is 0.625. The highest BCUT2D eigenvalue weighted by Crippen LogP contribution is 2.05. The molecule has 0 fully saturated rings. The lowest BCUT2D eigenvalue weighted by atomic mass is 10.0. The topological polar surface area (TPSA) is 85.6 Å². The Hall–Kier alpha value is -0.530. The molecule has 0 unspecified atom stereocenters. The van der Waals surface area contributed by atoms with E-state index in [4.69, 9.17) is 15.3 Å². The third kappa shape index (κ3) is 2.73. The van der Waals surface area contributed by atoms with E-state index in [-0.39, 0.29) is 19.8 Å². The standard InChI is InChI=1S/C8H14N2O3S/c11-3-8(4-12,5-13)10-1-7-2-14-6-9-7/h2,6,10-13H,1,3-5H2. The van der Waals surface area contributed by atoms with Gasteiger partial charge in [-0.15, -0.1) is 11.3 Å². The van der Waals surface area contributed by atoms with Crippen LogP contribution in [0.5, 0.6) is 0 Å². The van der Waals surface area contributed by atoms with Gasteiger partial charge in [-0.05, 0) is 0 Å². The van der Waals surface area contributed by atoms with Gasteiger partial charge in [0, 0.05) is 11.9 Å². The largest absolute Gasteiger partial charge is 0.394 e. The van der Waals surface area contributed by atoms with Gasteiger partial charge in [0.2, 0.25) is 0 Å². The van der Waals surface area contributed by atoms with Crippen LogP contribution in [0.3, 0.4) is 0 Å². The van der Waals surface area contributed by atoms with Gasteiger partial charge in [0.25, 0.3) is 0 Å². The Morgan fingerprint density at radius 2 is 1.93 bits per heavy atom. The minimum atomic E-state index is -1.02. The Labute approximate surface area is 86.0 Å². The number of aromatic nitrogens is 1. The molecule has 0 amide bonds. The Morgan fingerprint density at radius 3 is 2.36 bits per heavy atom. The van der Waals surface area contributed by atoms with Crippen LogP contribution in [0.4, 0.5) is 0 Å². The molecule has 1 aromatic rings. The summed E-state index contributed by atoms with van der Waals surface area (Å²) >= 11 is 1.47. The van der Waals surface area contributed by atoms with Gasteiger partial charge in [0.05, 0.1) is 36.6 Å². The van der Waals surface area contributed by atoms with Crippen LogP contribution in [0.15, 0.2) is 10.9 Å². The second-order valence-electron chi connectivity index (χ2n) is 3.09. The summed E-state index contributed by atoms with van der Waals surface area (Å²) in [5.41, 5.74) is 1.51. The van der Waals surface area contributed by atoms with E-state index >= 15 is 0 Å². The highest BCUT2D eigenvalue weighted by atomic mass is 32.1. The molecule has 4 N–H and O–H groups in total. The van der Waals surface area contributed by atoms with Crippen molar-refractivity contribution in [3.63, 3.8) is 0 Å². The van der Waals surface area contributed by atoms with Crippen molar-refractivity contribution in [3.05, 3.63) is 16.6 Å². The second kappa shape index (κ2) is 5.38. The molecule has 0 aromatic carbocycles. The lowest BCUT2D eigenvalue weighted by Gasteiger charge is -2.28. The highest BCUT2D eigenvalue weighted by Gasteiger charge is 2.27. The first-order valence-electron chi connectivity index (χ1n) is 4.21. The summed E-state index contributed by atoms with van der Waals surface area (Å²) in [7, 11) is 0. The molecule has 0 spiro atoms. The van der Waals surface area contributed by atoms with Gasteiger partial charge < -0.3 is 15.3 Å². The van der Waals surface area contributed by atoms with Crippen LogP contribution >= 0.6 is 11.3 Å². The van der Waals surface area contributed by atoms with E-state index in [0.29, 0.717) is 6.54 Å². The summed E-state index contributed by atoms with van der Waals surface area (Å²) < 4.78 is 0. The van der Waals surface area contributed by atoms with E-state index in [9.17, 15) is 0 Å². The Kier molecular flexibility index (Phi) is 4.43. The van der Waals surface area contributed by atoms with Crippen LogP contribution < -0.4 is 5.32 Å². The third-order valence-corrected chi connectivity index (χ3v) is 2.67. The number of thiazole rings is 1. The van der Waals surface area contributed by atoms with Crippen molar-refractivity contribution in [2.75, 3.05) is 19.8 Å². The number of aliphatic hydroxyl groups is 3. The zero-order valence-corrected chi connectivity index (χ0v) is 8.50. The minimum absolute atomic E-state index is 0.315.